The summed E-state index contributed by atoms with van der Waals surface area (Å²) in [6, 6.07) is -0.00691. The second-order valence-electron chi connectivity index (χ2n) is 6.23. The van der Waals surface area contributed by atoms with Crippen LogP contribution in [-0.2, 0) is 6.42 Å². The zero-order valence-corrected chi connectivity index (χ0v) is 18.5. The van der Waals surface area contributed by atoms with Crippen LogP contribution in [0.3, 0.4) is 0 Å². The van der Waals surface area contributed by atoms with Gasteiger partial charge in [0.25, 0.3) is 0 Å². The van der Waals surface area contributed by atoms with Crippen LogP contribution in [0.4, 0.5) is 13.2 Å². The minimum atomic E-state index is -4.14. The molecule has 150 valence electrons. The van der Waals surface area contributed by atoms with Crippen LogP contribution < -0.4 is 10.6 Å². The summed E-state index contributed by atoms with van der Waals surface area (Å²) in [5.74, 6) is 0.667. The van der Waals surface area contributed by atoms with Gasteiger partial charge in [0.2, 0.25) is 0 Å². The zero-order valence-electron chi connectivity index (χ0n) is 15.3. The zero-order chi connectivity index (χ0) is 18.4. The van der Waals surface area contributed by atoms with Crippen molar-refractivity contribution in [2.45, 2.75) is 45.8 Å². The highest BCUT2D eigenvalue weighted by atomic mass is 127. The molecule has 1 aliphatic rings. The third-order valence-corrected chi connectivity index (χ3v) is 5.10. The fourth-order valence-corrected chi connectivity index (χ4v) is 3.86. The summed E-state index contributed by atoms with van der Waals surface area (Å²) in [7, 11) is 0. The number of nitrogens with one attached hydrogen (secondary N) is 2. The van der Waals surface area contributed by atoms with Crippen LogP contribution >= 0.6 is 35.3 Å². The summed E-state index contributed by atoms with van der Waals surface area (Å²) in [6.07, 6.45) is -2.63. The van der Waals surface area contributed by atoms with Crippen molar-refractivity contribution in [1.29, 1.82) is 0 Å². The summed E-state index contributed by atoms with van der Waals surface area (Å²) in [5.41, 5.74) is 1.05. The molecule has 1 aromatic rings. The largest absolute Gasteiger partial charge is 0.401 e. The summed E-state index contributed by atoms with van der Waals surface area (Å²) in [4.78, 5) is 11.6. The molecule has 2 N–H and O–H groups in total. The van der Waals surface area contributed by atoms with E-state index < -0.39 is 12.7 Å². The molecule has 0 bridgehead atoms. The maximum atomic E-state index is 12.5. The number of hydrogen-bond donors (Lipinski definition) is 2. The highest BCUT2D eigenvalue weighted by Gasteiger charge is 2.34. The lowest BCUT2D eigenvalue weighted by Crippen LogP contribution is -2.45. The number of thiazole rings is 1. The van der Waals surface area contributed by atoms with E-state index in [1.165, 1.54) is 9.78 Å². The molecule has 0 aromatic carbocycles. The Morgan fingerprint density at radius 3 is 2.69 bits per heavy atom. The first-order valence-corrected chi connectivity index (χ1v) is 9.35. The summed E-state index contributed by atoms with van der Waals surface area (Å²) >= 11 is 1.68. The molecule has 2 rings (SSSR count). The molecule has 1 unspecified atom stereocenters. The van der Waals surface area contributed by atoms with Gasteiger partial charge in [0, 0.05) is 43.5 Å². The van der Waals surface area contributed by atoms with Crippen molar-refractivity contribution in [3.8, 4) is 0 Å². The molecule has 1 aliphatic heterocycles. The fourth-order valence-electron chi connectivity index (χ4n) is 2.94. The Kier molecular flexibility index (Phi) is 9.59. The fraction of sp³-hybridized carbons (Fsp3) is 0.750. The highest BCUT2D eigenvalue weighted by Crippen LogP contribution is 2.20. The van der Waals surface area contributed by atoms with Gasteiger partial charge in [-0.2, -0.15) is 13.2 Å². The minimum Gasteiger partial charge on any atom is -0.357 e. The molecule has 2 heterocycles. The van der Waals surface area contributed by atoms with E-state index in [2.05, 4.69) is 20.6 Å². The predicted octanol–water partition coefficient (Wildman–Crippen LogP) is 3.11. The number of aromatic nitrogens is 1. The number of alkyl halides is 3. The molecule has 0 amide bonds. The van der Waals surface area contributed by atoms with Crippen LogP contribution in [0, 0.1) is 13.8 Å². The quantitative estimate of drug-likeness (QED) is 0.355. The van der Waals surface area contributed by atoms with Gasteiger partial charge in [-0.3, -0.25) is 9.89 Å². The third kappa shape index (κ3) is 7.95. The van der Waals surface area contributed by atoms with Gasteiger partial charge in [-0.25, -0.2) is 4.98 Å². The topological polar surface area (TPSA) is 52.6 Å². The Morgan fingerprint density at radius 1 is 1.38 bits per heavy atom. The van der Waals surface area contributed by atoms with E-state index in [0.717, 1.165) is 17.1 Å². The van der Waals surface area contributed by atoms with Crippen molar-refractivity contribution in [3.05, 3.63) is 15.6 Å². The van der Waals surface area contributed by atoms with E-state index in [9.17, 15) is 13.2 Å². The van der Waals surface area contributed by atoms with Crippen LogP contribution in [0.5, 0.6) is 0 Å². The van der Waals surface area contributed by atoms with Gasteiger partial charge in [-0.1, -0.05) is 0 Å². The lowest BCUT2D eigenvalue weighted by atomic mass is 10.3. The van der Waals surface area contributed by atoms with Crippen molar-refractivity contribution in [2.75, 3.05) is 32.7 Å². The Hall–Kier alpha value is -0.620. The molecule has 0 spiro atoms. The second-order valence-corrected chi connectivity index (χ2v) is 7.52. The highest BCUT2D eigenvalue weighted by molar-refractivity contribution is 14.0. The molecule has 5 nitrogen and oxygen atoms in total. The van der Waals surface area contributed by atoms with Gasteiger partial charge < -0.3 is 10.6 Å². The molecule has 0 radical (unpaired) electrons. The molecule has 1 saturated heterocycles. The normalized spacial score (nSPS) is 18.7. The van der Waals surface area contributed by atoms with Crippen LogP contribution in [-0.4, -0.2) is 60.8 Å². The average Bonchev–Trinajstić information content (AvgIpc) is 3.04. The number of hydrogen-bond acceptors (Lipinski definition) is 4. The van der Waals surface area contributed by atoms with Crippen molar-refractivity contribution in [1.82, 2.24) is 20.5 Å². The Labute approximate surface area is 173 Å². The molecule has 1 aromatic heterocycles. The summed E-state index contributed by atoms with van der Waals surface area (Å²) < 4.78 is 37.4. The van der Waals surface area contributed by atoms with Crippen LogP contribution in [0.1, 0.15) is 28.9 Å². The summed E-state index contributed by atoms with van der Waals surface area (Å²) in [6.45, 7) is 7.29. The molecule has 1 atom stereocenters. The molecular formula is C16H27F3IN5S. The number of likely N-dealkylation sites (tertiary alicyclic amines) is 1. The lowest BCUT2D eigenvalue weighted by Gasteiger charge is -2.19. The van der Waals surface area contributed by atoms with E-state index in [-0.39, 0.29) is 30.0 Å². The van der Waals surface area contributed by atoms with E-state index in [1.54, 1.807) is 11.3 Å². The molecule has 0 aliphatic carbocycles. The van der Waals surface area contributed by atoms with Crippen molar-refractivity contribution >= 4 is 41.3 Å². The van der Waals surface area contributed by atoms with Gasteiger partial charge in [0.15, 0.2) is 5.96 Å². The first-order valence-electron chi connectivity index (χ1n) is 8.53. The van der Waals surface area contributed by atoms with Crippen molar-refractivity contribution < 1.29 is 13.2 Å². The van der Waals surface area contributed by atoms with Gasteiger partial charge in [0.05, 0.1) is 17.2 Å². The number of aliphatic imine (C=N–C) groups is 1. The van der Waals surface area contributed by atoms with Gasteiger partial charge in [-0.05, 0) is 27.2 Å². The molecular weight excluding hydrogens is 478 g/mol. The third-order valence-electron chi connectivity index (χ3n) is 3.97. The molecule has 10 heteroatoms. The molecule has 26 heavy (non-hydrogen) atoms. The Bertz CT molecular complexity index is 591. The molecule has 0 saturated carbocycles. The van der Waals surface area contributed by atoms with Crippen LogP contribution in [0.15, 0.2) is 4.99 Å². The number of nitrogens with zero attached hydrogens (tertiary/aromatic N) is 3. The first-order chi connectivity index (χ1) is 11.8. The maximum Gasteiger partial charge on any atom is 0.401 e. The first kappa shape index (κ1) is 23.4. The van der Waals surface area contributed by atoms with Crippen molar-refractivity contribution in [2.24, 2.45) is 4.99 Å². The standard InChI is InChI=1S/C16H26F3N5S.HI/c1-4-20-15(21-7-5-14-11(2)22-12(3)25-14)23-13-6-8-24(9-13)10-16(17,18)19;/h13H,4-10H2,1-3H3,(H2,20,21,23);1H. The second kappa shape index (κ2) is 10.6. The Morgan fingerprint density at radius 2 is 2.12 bits per heavy atom. The van der Waals surface area contributed by atoms with E-state index in [1.807, 2.05) is 20.8 Å². The van der Waals surface area contributed by atoms with E-state index >= 15 is 0 Å². The van der Waals surface area contributed by atoms with E-state index in [4.69, 9.17) is 0 Å². The summed E-state index contributed by atoms with van der Waals surface area (Å²) in [5, 5.41) is 7.47. The minimum absolute atomic E-state index is 0. The van der Waals surface area contributed by atoms with Crippen LogP contribution in [0.25, 0.3) is 0 Å². The molecule has 1 fully saturated rings. The van der Waals surface area contributed by atoms with Gasteiger partial charge >= 0.3 is 6.18 Å². The smallest absolute Gasteiger partial charge is 0.357 e. The Balaban J connectivity index is 0.00000338. The number of aryl methyl sites for hydroxylation is 2. The number of rotatable bonds is 6. The van der Waals surface area contributed by atoms with Gasteiger partial charge in [-0.15, -0.1) is 35.3 Å². The predicted molar refractivity (Wildman–Crippen MR) is 111 cm³/mol. The SMILES string of the molecule is CCNC(=NCCc1sc(C)nc1C)NC1CCN(CC(F)(F)F)C1.I. The number of guanidine groups is 1. The monoisotopic (exact) mass is 505 g/mol. The average molecular weight is 505 g/mol. The van der Waals surface area contributed by atoms with Crippen LogP contribution in [0.2, 0.25) is 0 Å². The maximum absolute atomic E-state index is 12.5. The lowest BCUT2D eigenvalue weighted by molar-refractivity contribution is -0.143. The van der Waals surface area contributed by atoms with E-state index in [0.29, 0.717) is 38.6 Å². The van der Waals surface area contributed by atoms with Gasteiger partial charge in [0.1, 0.15) is 0 Å². The number of halogens is 4. The van der Waals surface area contributed by atoms with Crippen molar-refractivity contribution in [3.63, 3.8) is 0 Å².